The van der Waals surface area contributed by atoms with Gasteiger partial charge in [-0.25, -0.2) is 19.6 Å². The van der Waals surface area contributed by atoms with Gasteiger partial charge in [0.25, 0.3) is 0 Å². The van der Waals surface area contributed by atoms with E-state index in [1.807, 2.05) is 23.9 Å². The van der Waals surface area contributed by atoms with Gasteiger partial charge in [0.1, 0.15) is 17.5 Å². The molecule has 5 rings (SSSR count). The summed E-state index contributed by atoms with van der Waals surface area (Å²) in [5, 5.41) is 26.3. The van der Waals surface area contributed by atoms with Crippen LogP contribution in [0.2, 0.25) is 0 Å². The third-order valence-corrected chi connectivity index (χ3v) is 4.89. The molecule has 0 spiro atoms. The van der Waals surface area contributed by atoms with E-state index in [4.69, 9.17) is 5.26 Å². The number of aryl methyl sites for hydroxylation is 1. The molecule has 11 heteroatoms. The van der Waals surface area contributed by atoms with Gasteiger partial charge in [-0.1, -0.05) is 5.21 Å². The Morgan fingerprint density at radius 2 is 1.97 bits per heavy atom. The third-order valence-electron chi connectivity index (χ3n) is 4.89. The van der Waals surface area contributed by atoms with Gasteiger partial charge >= 0.3 is 0 Å². The number of pyridine rings is 2. The lowest BCUT2D eigenvalue weighted by atomic mass is 10.2. The molecule has 5 aromatic heterocycles. The number of anilines is 1. The molecule has 0 saturated heterocycles. The minimum Gasteiger partial charge on any atom is -0.381 e. The van der Waals surface area contributed by atoms with Crippen molar-refractivity contribution >= 4 is 16.7 Å². The molecule has 5 heterocycles. The molecular formula is C21H19N11. The van der Waals surface area contributed by atoms with Crippen LogP contribution < -0.4 is 5.32 Å². The fourth-order valence-electron chi connectivity index (χ4n) is 3.42. The maximum atomic E-state index is 9.10. The summed E-state index contributed by atoms with van der Waals surface area (Å²) in [6.07, 6.45) is 10.2. The number of nitrogens with zero attached hydrogens (tertiary/aromatic N) is 10. The highest BCUT2D eigenvalue weighted by Crippen LogP contribution is 2.25. The fraction of sp³-hybridized carbons (Fsp3) is 0.190. The summed E-state index contributed by atoms with van der Waals surface area (Å²) in [6, 6.07) is 5.92. The van der Waals surface area contributed by atoms with Crippen LogP contribution in [0.3, 0.4) is 0 Å². The van der Waals surface area contributed by atoms with Crippen molar-refractivity contribution in [3.63, 3.8) is 0 Å². The number of hydrogen-bond donors (Lipinski definition) is 1. The van der Waals surface area contributed by atoms with E-state index in [0.29, 0.717) is 22.7 Å². The second-order valence-corrected chi connectivity index (χ2v) is 7.60. The predicted molar refractivity (Wildman–Crippen MR) is 117 cm³/mol. The molecule has 11 nitrogen and oxygen atoms in total. The highest BCUT2D eigenvalue weighted by molar-refractivity contribution is 5.77. The van der Waals surface area contributed by atoms with Gasteiger partial charge in [0, 0.05) is 30.7 Å². The minimum absolute atomic E-state index is 0.176. The van der Waals surface area contributed by atoms with Crippen LogP contribution in [0.15, 0.2) is 49.4 Å². The number of aromatic nitrogens is 9. The Morgan fingerprint density at radius 1 is 1.09 bits per heavy atom. The zero-order valence-electron chi connectivity index (χ0n) is 17.7. The highest BCUT2D eigenvalue weighted by atomic mass is 15.4. The van der Waals surface area contributed by atoms with Crippen molar-refractivity contribution in [2.45, 2.75) is 19.9 Å². The van der Waals surface area contributed by atoms with Gasteiger partial charge in [-0.2, -0.15) is 15.0 Å². The Balaban J connectivity index is 1.58. The van der Waals surface area contributed by atoms with E-state index in [1.54, 1.807) is 40.3 Å². The van der Waals surface area contributed by atoms with Crippen LogP contribution in [0.1, 0.15) is 19.4 Å². The number of rotatable bonds is 5. The monoisotopic (exact) mass is 425 g/mol. The zero-order chi connectivity index (χ0) is 22.2. The average Bonchev–Trinajstić information content (AvgIpc) is 3.52. The number of imidazole rings is 1. The minimum atomic E-state index is 0.176. The lowest BCUT2D eigenvalue weighted by Crippen LogP contribution is -2.14. The Bertz CT molecular complexity index is 1460. The summed E-state index contributed by atoms with van der Waals surface area (Å²) >= 11 is 0. The van der Waals surface area contributed by atoms with Crippen molar-refractivity contribution in [3.8, 4) is 29.0 Å². The highest BCUT2D eigenvalue weighted by Gasteiger charge is 2.15. The molecule has 0 radical (unpaired) electrons. The molecule has 5 aromatic rings. The van der Waals surface area contributed by atoms with Gasteiger partial charge in [0.2, 0.25) is 0 Å². The smallest absolute Gasteiger partial charge is 0.164 e. The molecule has 0 atom stereocenters. The summed E-state index contributed by atoms with van der Waals surface area (Å²) < 4.78 is 5.22. The first-order chi connectivity index (χ1) is 15.5. The molecule has 0 aliphatic heterocycles. The topological polar surface area (TPSA) is 128 Å². The molecule has 32 heavy (non-hydrogen) atoms. The third kappa shape index (κ3) is 3.33. The van der Waals surface area contributed by atoms with Gasteiger partial charge < -0.3 is 9.88 Å². The van der Waals surface area contributed by atoms with E-state index in [1.165, 1.54) is 6.20 Å². The van der Waals surface area contributed by atoms with Crippen molar-refractivity contribution in [2.75, 3.05) is 5.32 Å². The Labute approximate surface area is 183 Å². The molecule has 0 bridgehead atoms. The quantitative estimate of drug-likeness (QED) is 0.455. The van der Waals surface area contributed by atoms with Crippen molar-refractivity contribution in [1.29, 1.82) is 5.26 Å². The molecule has 0 aliphatic carbocycles. The molecule has 0 aliphatic rings. The van der Waals surface area contributed by atoms with Gasteiger partial charge in [0.15, 0.2) is 11.5 Å². The molecule has 0 fully saturated rings. The molecule has 0 amide bonds. The fourth-order valence-corrected chi connectivity index (χ4v) is 3.42. The normalized spacial score (nSPS) is 11.2. The number of nitriles is 1. The Kier molecular flexibility index (Phi) is 4.59. The lowest BCUT2D eigenvalue weighted by Gasteiger charge is -2.15. The number of nitrogens with one attached hydrogen (secondary N) is 1. The van der Waals surface area contributed by atoms with Crippen LogP contribution >= 0.6 is 0 Å². The van der Waals surface area contributed by atoms with Crippen LogP contribution in [0.4, 0.5) is 5.69 Å². The van der Waals surface area contributed by atoms with Gasteiger partial charge in [-0.05, 0) is 19.9 Å². The van der Waals surface area contributed by atoms with E-state index >= 15 is 0 Å². The molecule has 0 unspecified atom stereocenters. The first-order valence-corrected chi connectivity index (χ1v) is 9.93. The first-order valence-electron chi connectivity index (χ1n) is 9.93. The van der Waals surface area contributed by atoms with E-state index in [-0.39, 0.29) is 6.04 Å². The second kappa shape index (κ2) is 7.59. The van der Waals surface area contributed by atoms with Crippen LogP contribution in [-0.2, 0) is 7.05 Å². The Morgan fingerprint density at radius 3 is 2.72 bits per heavy atom. The summed E-state index contributed by atoms with van der Waals surface area (Å²) in [5.74, 6) is 0.594. The summed E-state index contributed by atoms with van der Waals surface area (Å²) in [4.78, 5) is 13.1. The molecule has 0 aromatic carbocycles. The summed E-state index contributed by atoms with van der Waals surface area (Å²) in [7, 11) is 1.91. The number of fused-ring (bicyclic) bond motifs is 1. The molecule has 0 saturated carbocycles. The largest absolute Gasteiger partial charge is 0.381 e. The standard InChI is InChI=1S/C21H19N11/c1-13(2)27-16-5-20(32-21-15(8-26-32)4-14(6-22)7-25-21)24-10-19(16)31-11-17(28-29-31)18-9-23-12-30(18)3/h4-5,7-13H,1-3H3,(H,24,27). The van der Waals surface area contributed by atoms with Gasteiger partial charge in [0.05, 0.1) is 48.1 Å². The second-order valence-electron chi connectivity index (χ2n) is 7.60. The van der Waals surface area contributed by atoms with Crippen molar-refractivity contribution < 1.29 is 0 Å². The average molecular weight is 425 g/mol. The zero-order valence-corrected chi connectivity index (χ0v) is 17.7. The predicted octanol–water partition coefficient (Wildman–Crippen LogP) is 2.49. The molecule has 158 valence electrons. The summed E-state index contributed by atoms with van der Waals surface area (Å²) in [5.41, 5.74) is 4.25. The van der Waals surface area contributed by atoms with Crippen molar-refractivity contribution in [1.82, 2.24) is 44.3 Å². The van der Waals surface area contributed by atoms with E-state index in [2.05, 4.69) is 55.6 Å². The SMILES string of the molecule is CC(C)Nc1cc(-n2ncc3cc(C#N)cnc32)ncc1-n1cc(-c2cncn2C)nn1. The van der Waals surface area contributed by atoms with Crippen LogP contribution in [0, 0.1) is 11.3 Å². The maximum absolute atomic E-state index is 9.10. The molecular weight excluding hydrogens is 406 g/mol. The van der Waals surface area contributed by atoms with E-state index < -0.39 is 0 Å². The lowest BCUT2D eigenvalue weighted by molar-refractivity contribution is 0.789. The number of hydrogen-bond acceptors (Lipinski definition) is 8. The van der Waals surface area contributed by atoms with Crippen molar-refractivity contribution in [2.24, 2.45) is 7.05 Å². The van der Waals surface area contributed by atoms with Crippen LogP contribution in [0.5, 0.6) is 0 Å². The van der Waals surface area contributed by atoms with Crippen LogP contribution in [0.25, 0.3) is 33.9 Å². The first kappa shape index (κ1) is 19.4. The molecule has 1 N–H and O–H groups in total. The van der Waals surface area contributed by atoms with E-state index in [0.717, 1.165) is 22.5 Å². The van der Waals surface area contributed by atoms with Gasteiger partial charge in [-0.15, -0.1) is 5.10 Å². The van der Waals surface area contributed by atoms with Gasteiger partial charge in [-0.3, -0.25) is 0 Å². The summed E-state index contributed by atoms with van der Waals surface area (Å²) in [6.45, 7) is 4.11. The van der Waals surface area contributed by atoms with Crippen LogP contribution in [-0.4, -0.2) is 50.3 Å². The Hall–Kier alpha value is -4.59. The van der Waals surface area contributed by atoms with Crippen molar-refractivity contribution in [3.05, 3.63) is 55.0 Å². The van der Waals surface area contributed by atoms with E-state index in [9.17, 15) is 0 Å². The maximum Gasteiger partial charge on any atom is 0.164 e.